The van der Waals surface area contributed by atoms with Crippen molar-refractivity contribution in [3.8, 4) is 11.3 Å². The van der Waals surface area contributed by atoms with E-state index in [0.717, 1.165) is 40.0 Å². The maximum atomic E-state index is 13.2. The van der Waals surface area contributed by atoms with Gasteiger partial charge in [0.15, 0.2) is 5.65 Å². The van der Waals surface area contributed by atoms with Gasteiger partial charge in [-0.3, -0.25) is 0 Å². The minimum absolute atomic E-state index is 0.161. The summed E-state index contributed by atoms with van der Waals surface area (Å²) >= 11 is 9.97. The van der Waals surface area contributed by atoms with E-state index in [9.17, 15) is 8.42 Å². The van der Waals surface area contributed by atoms with E-state index in [4.69, 9.17) is 16.6 Å². The minimum Gasteiger partial charge on any atom is -0.370 e. The van der Waals surface area contributed by atoms with E-state index in [-0.39, 0.29) is 5.92 Å². The molecule has 1 fully saturated rings. The number of halogens is 2. The van der Waals surface area contributed by atoms with Gasteiger partial charge in [-0.2, -0.15) is 13.9 Å². The van der Waals surface area contributed by atoms with Crippen LogP contribution >= 0.6 is 27.5 Å². The van der Waals surface area contributed by atoms with E-state index in [1.165, 1.54) is 0 Å². The molecule has 0 saturated carbocycles. The zero-order chi connectivity index (χ0) is 24.6. The molecule has 5 rings (SSSR count). The molecule has 0 radical (unpaired) electrons. The molecule has 7 nitrogen and oxygen atoms in total. The summed E-state index contributed by atoms with van der Waals surface area (Å²) in [5.41, 5.74) is 3.18. The van der Waals surface area contributed by atoms with Crippen molar-refractivity contribution in [1.82, 2.24) is 18.9 Å². The van der Waals surface area contributed by atoms with E-state index in [2.05, 4.69) is 26.3 Å². The highest BCUT2D eigenvalue weighted by Gasteiger charge is 2.30. The second-order valence-electron chi connectivity index (χ2n) is 8.80. The lowest BCUT2D eigenvalue weighted by molar-refractivity contribution is 0.275. The average Bonchev–Trinajstić information content (AvgIpc) is 3.23. The number of hydrogen-bond acceptors (Lipinski definition) is 5. The average molecular weight is 575 g/mol. The summed E-state index contributed by atoms with van der Waals surface area (Å²) in [4.78, 5) is 5.10. The van der Waals surface area contributed by atoms with Gasteiger partial charge in [0.1, 0.15) is 5.82 Å². The van der Waals surface area contributed by atoms with Gasteiger partial charge in [-0.05, 0) is 65.4 Å². The van der Waals surface area contributed by atoms with Crippen molar-refractivity contribution in [2.75, 3.05) is 25.0 Å². The normalized spacial score (nSPS) is 17.1. The second-order valence-corrected chi connectivity index (χ2v) is 12.0. The maximum absolute atomic E-state index is 13.2. The van der Waals surface area contributed by atoms with E-state index in [1.54, 1.807) is 33.2 Å². The highest BCUT2D eigenvalue weighted by molar-refractivity contribution is 9.10. The SMILES string of the molecule is Cc1cccc(S(=O)(=O)N2CCCC(CNc3cc(-c4ccccc4Cl)nc4c(Br)cnn34)C2)c1. The maximum Gasteiger partial charge on any atom is 0.243 e. The van der Waals surface area contributed by atoms with Crippen LogP contribution in [-0.4, -0.2) is 47.0 Å². The molecule has 4 aromatic rings. The molecule has 1 aliphatic heterocycles. The third-order valence-corrected chi connectivity index (χ3v) is 9.01. The van der Waals surface area contributed by atoms with Gasteiger partial charge in [-0.15, -0.1) is 0 Å². The molecule has 2 aromatic carbocycles. The molecule has 0 aliphatic carbocycles. The Morgan fingerprint density at radius 1 is 1.17 bits per heavy atom. The Labute approximate surface area is 218 Å². The number of aryl methyl sites for hydroxylation is 1. The predicted molar refractivity (Wildman–Crippen MR) is 142 cm³/mol. The fourth-order valence-electron chi connectivity index (χ4n) is 4.45. The van der Waals surface area contributed by atoms with Gasteiger partial charge in [-0.25, -0.2) is 13.4 Å². The van der Waals surface area contributed by atoms with Crippen LogP contribution in [0.4, 0.5) is 5.82 Å². The van der Waals surface area contributed by atoms with Gasteiger partial charge in [0.05, 0.1) is 21.3 Å². The van der Waals surface area contributed by atoms with Crippen LogP contribution in [-0.2, 0) is 10.0 Å². The Balaban J connectivity index is 1.38. The number of hydrogen-bond donors (Lipinski definition) is 1. The van der Waals surface area contributed by atoms with Crippen molar-refractivity contribution in [2.45, 2.75) is 24.7 Å². The fraction of sp³-hybridized carbons (Fsp3) is 0.280. The highest BCUT2D eigenvalue weighted by Crippen LogP contribution is 2.31. The summed E-state index contributed by atoms with van der Waals surface area (Å²) in [6, 6.07) is 16.6. The molecule has 182 valence electrons. The molecule has 1 atom stereocenters. The Morgan fingerprint density at radius 2 is 2.00 bits per heavy atom. The molecule has 0 spiro atoms. The van der Waals surface area contributed by atoms with Crippen molar-refractivity contribution >= 4 is 49.0 Å². The van der Waals surface area contributed by atoms with Crippen molar-refractivity contribution in [3.63, 3.8) is 0 Å². The van der Waals surface area contributed by atoms with E-state index >= 15 is 0 Å². The Bertz CT molecular complexity index is 1490. The number of benzene rings is 2. The van der Waals surface area contributed by atoms with E-state index in [0.29, 0.717) is 35.2 Å². The summed E-state index contributed by atoms with van der Waals surface area (Å²) in [6.45, 7) is 3.52. The zero-order valence-electron chi connectivity index (χ0n) is 19.2. The molecule has 2 aromatic heterocycles. The quantitative estimate of drug-likeness (QED) is 0.323. The van der Waals surface area contributed by atoms with Crippen molar-refractivity contribution in [1.29, 1.82) is 0 Å². The largest absolute Gasteiger partial charge is 0.370 e. The fourth-order valence-corrected chi connectivity index (χ4v) is 6.70. The van der Waals surface area contributed by atoms with Crippen LogP contribution in [0.2, 0.25) is 5.02 Å². The standard InChI is InChI=1S/C25H25BrClN5O2S/c1-17-6-4-8-19(12-17)35(33,34)31-11-5-7-18(16-31)14-28-24-13-23(20-9-2-3-10-22(20)27)30-25-21(26)15-29-32(24)25/h2-4,6,8-10,12-13,15,18,28H,5,7,11,14,16H2,1H3. The smallest absolute Gasteiger partial charge is 0.243 e. The predicted octanol–water partition coefficient (Wildman–Crippen LogP) is 5.63. The van der Waals surface area contributed by atoms with Crippen LogP contribution < -0.4 is 5.32 Å². The molecule has 35 heavy (non-hydrogen) atoms. The number of fused-ring (bicyclic) bond motifs is 1. The summed E-state index contributed by atoms with van der Waals surface area (Å²) in [6.07, 6.45) is 3.48. The molecule has 1 saturated heterocycles. The first-order valence-electron chi connectivity index (χ1n) is 11.4. The van der Waals surface area contributed by atoms with Gasteiger partial charge in [0, 0.05) is 36.3 Å². The number of aromatic nitrogens is 3. The Morgan fingerprint density at radius 3 is 2.80 bits per heavy atom. The summed E-state index contributed by atoms with van der Waals surface area (Å²) in [7, 11) is -3.52. The van der Waals surface area contributed by atoms with Crippen LogP contribution in [0.5, 0.6) is 0 Å². The van der Waals surface area contributed by atoms with Crippen LogP contribution in [0.15, 0.2) is 70.2 Å². The second kappa shape index (κ2) is 9.89. The minimum atomic E-state index is -3.52. The topological polar surface area (TPSA) is 79.6 Å². The lowest BCUT2D eigenvalue weighted by Crippen LogP contribution is -2.41. The molecule has 10 heteroatoms. The number of piperidine rings is 1. The lowest BCUT2D eigenvalue weighted by atomic mass is 10.00. The van der Waals surface area contributed by atoms with E-state index < -0.39 is 10.0 Å². The van der Waals surface area contributed by atoms with Crippen molar-refractivity contribution in [3.05, 3.63) is 75.9 Å². The zero-order valence-corrected chi connectivity index (χ0v) is 22.3. The van der Waals surface area contributed by atoms with Crippen molar-refractivity contribution < 1.29 is 8.42 Å². The molecule has 1 unspecified atom stereocenters. The molecular formula is C25H25BrClN5O2S. The molecule has 0 bridgehead atoms. The summed E-state index contributed by atoms with van der Waals surface area (Å²) in [5.74, 6) is 0.934. The molecule has 1 N–H and O–H groups in total. The molecular weight excluding hydrogens is 550 g/mol. The Kier molecular flexibility index (Phi) is 6.85. The lowest BCUT2D eigenvalue weighted by Gasteiger charge is -2.32. The molecule has 3 heterocycles. The van der Waals surface area contributed by atoms with Gasteiger partial charge < -0.3 is 5.32 Å². The van der Waals surface area contributed by atoms with E-state index in [1.807, 2.05) is 43.3 Å². The van der Waals surface area contributed by atoms with Crippen LogP contribution in [0, 0.1) is 12.8 Å². The highest BCUT2D eigenvalue weighted by atomic mass is 79.9. The number of nitrogens with zero attached hydrogens (tertiary/aromatic N) is 4. The number of anilines is 1. The van der Waals surface area contributed by atoms with Gasteiger partial charge in [0.2, 0.25) is 10.0 Å². The summed E-state index contributed by atoms with van der Waals surface area (Å²) in [5, 5.41) is 8.56. The Hall–Kier alpha value is -2.46. The number of rotatable bonds is 6. The van der Waals surface area contributed by atoms with Crippen molar-refractivity contribution in [2.24, 2.45) is 5.92 Å². The summed E-state index contributed by atoms with van der Waals surface area (Å²) < 4.78 is 30.6. The van der Waals surface area contributed by atoms with Crippen LogP contribution in [0.3, 0.4) is 0 Å². The van der Waals surface area contributed by atoms with Gasteiger partial charge in [0.25, 0.3) is 0 Å². The molecule has 0 amide bonds. The third kappa shape index (κ3) is 4.95. The number of sulfonamides is 1. The first-order valence-corrected chi connectivity index (χ1v) is 14.0. The number of nitrogens with one attached hydrogen (secondary N) is 1. The first-order chi connectivity index (χ1) is 16.8. The van der Waals surface area contributed by atoms with Crippen LogP contribution in [0.1, 0.15) is 18.4 Å². The molecule has 1 aliphatic rings. The monoisotopic (exact) mass is 573 g/mol. The van der Waals surface area contributed by atoms with Gasteiger partial charge in [-0.1, -0.05) is 41.9 Å². The first kappa shape index (κ1) is 24.2. The third-order valence-electron chi connectivity index (χ3n) is 6.26. The van der Waals surface area contributed by atoms with Crippen LogP contribution in [0.25, 0.3) is 16.9 Å². The van der Waals surface area contributed by atoms with Gasteiger partial charge >= 0.3 is 0 Å².